The second kappa shape index (κ2) is 5.05. The molecule has 0 N–H and O–H groups in total. The van der Waals surface area contributed by atoms with Crippen LogP contribution in [0.5, 0.6) is 0 Å². The fourth-order valence-corrected chi connectivity index (χ4v) is 0. The summed E-state index contributed by atoms with van der Waals surface area (Å²) < 4.78 is 29.0. The molecule has 0 saturated carbocycles. The second-order valence-electron chi connectivity index (χ2n) is 0.247. The Bertz CT molecular complexity index is 11.6. The average Bonchev–Trinajstić information content (AvgIpc) is 0.811. The summed E-state index contributed by atoms with van der Waals surface area (Å²) in [4.78, 5) is 0. The molecule has 0 aliphatic heterocycles. The van der Waals surface area contributed by atoms with Crippen molar-refractivity contribution in [2.24, 2.45) is 0 Å². The molecule has 0 aliphatic carbocycles. The average molecular weight is 110 g/mol. The van der Waals surface area contributed by atoms with E-state index < -0.39 is 6.68 Å². The van der Waals surface area contributed by atoms with Crippen molar-refractivity contribution in [3.63, 3.8) is 0 Å². The van der Waals surface area contributed by atoms with Gasteiger partial charge < -0.3 is 0 Å². The Morgan fingerprint density at radius 3 is 1.00 bits per heavy atom. The van der Waals surface area contributed by atoms with E-state index in [2.05, 4.69) is 0 Å². The summed E-state index contributed by atoms with van der Waals surface area (Å²) >= 11 is 0. The first-order chi connectivity index (χ1) is 1.73. The van der Waals surface area contributed by atoms with E-state index >= 15 is 0 Å². The van der Waals surface area contributed by atoms with Gasteiger partial charge in [-0.25, -0.2) is 0 Å². The smallest absolute Gasteiger partial charge is 0.174 e. The molecule has 4 heteroatoms. The fraction of sp³-hybridized carbons (Fsp3) is 1.00. The minimum Gasteiger partial charge on any atom is -0.174 e. The van der Waals surface area contributed by atoms with Crippen molar-refractivity contribution >= 4 is 37.7 Å². The Labute approximate surface area is 57.4 Å². The molecular formula is CHCaF3. The molecule has 0 rings (SSSR count). The summed E-state index contributed by atoms with van der Waals surface area (Å²) in [7, 11) is 0. The van der Waals surface area contributed by atoms with Crippen molar-refractivity contribution in [2.75, 3.05) is 0 Å². The monoisotopic (exact) mass is 110 g/mol. The molecule has 0 aromatic rings. The van der Waals surface area contributed by atoms with Crippen molar-refractivity contribution in [3.8, 4) is 0 Å². The minimum absolute atomic E-state index is 0. The van der Waals surface area contributed by atoms with Crippen molar-refractivity contribution in [2.45, 2.75) is 6.68 Å². The Morgan fingerprint density at radius 2 is 1.00 bits per heavy atom. The van der Waals surface area contributed by atoms with Gasteiger partial charge in [0.05, 0.1) is 0 Å². The van der Waals surface area contributed by atoms with E-state index in [-0.39, 0.29) is 37.7 Å². The van der Waals surface area contributed by atoms with Crippen LogP contribution in [0.3, 0.4) is 0 Å². The molecular weight excluding hydrogens is 109 g/mol. The molecule has 0 nitrogen and oxygen atoms in total. The van der Waals surface area contributed by atoms with Crippen LogP contribution in [-0.4, -0.2) is 44.4 Å². The maximum Gasteiger partial charge on any atom is 0.379 e. The molecule has 0 bridgehead atoms. The molecule has 0 amide bonds. The Hall–Kier alpha value is 1.05. The SMILES string of the molecule is FC(F)F.[Ca]. The van der Waals surface area contributed by atoms with E-state index in [0.29, 0.717) is 0 Å². The number of rotatable bonds is 0. The third-order valence-electron chi connectivity index (χ3n) is 0. The third kappa shape index (κ3) is 42.6. The van der Waals surface area contributed by atoms with Crippen molar-refractivity contribution < 1.29 is 13.2 Å². The quantitative estimate of drug-likeness (QED) is 0.404. The van der Waals surface area contributed by atoms with Crippen LogP contribution in [0.15, 0.2) is 0 Å². The number of halogens is 3. The second-order valence-corrected chi connectivity index (χ2v) is 0.247. The van der Waals surface area contributed by atoms with Gasteiger partial charge >= 0.3 is 6.68 Å². The van der Waals surface area contributed by atoms with Crippen LogP contribution in [0.2, 0.25) is 0 Å². The number of hydrogen-bond acceptors (Lipinski definition) is 0. The molecule has 0 aromatic heterocycles. The van der Waals surface area contributed by atoms with E-state index in [1.165, 1.54) is 0 Å². The van der Waals surface area contributed by atoms with Crippen LogP contribution >= 0.6 is 0 Å². The van der Waals surface area contributed by atoms with Crippen LogP contribution in [0.25, 0.3) is 0 Å². The van der Waals surface area contributed by atoms with Crippen molar-refractivity contribution in [3.05, 3.63) is 0 Å². The van der Waals surface area contributed by atoms with E-state index in [4.69, 9.17) is 0 Å². The summed E-state index contributed by atoms with van der Waals surface area (Å²) in [5.74, 6) is 0. The maximum atomic E-state index is 9.67. The van der Waals surface area contributed by atoms with Gasteiger partial charge in [0.25, 0.3) is 0 Å². The summed E-state index contributed by atoms with van der Waals surface area (Å²) in [5, 5.41) is 0. The summed E-state index contributed by atoms with van der Waals surface area (Å²) in [5.41, 5.74) is 0. The molecule has 0 saturated heterocycles. The van der Waals surface area contributed by atoms with Gasteiger partial charge in [0.15, 0.2) is 0 Å². The Balaban J connectivity index is 0. The molecule has 0 aromatic carbocycles. The zero-order chi connectivity index (χ0) is 3.58. The van der Waals surface area contributed by atoms with E-state index in [0.717, 1.165) is 0 Å². The summed E-state index contributed by atoms with van der Waals surface area (Å²) in [6, 6.07) is 0. The zero-order valence-corrected chi connectivity index (χ0v) is 4.63. The van der Waals surface area contributed by atoms with Crippen LogP contribution in [0.1, 0.15) is 0 Å². The van der Waals surface area contributed by atoms with Crippen LogP contribution in [-0.2, 0) is 0 Å². The van der Waals surface area contributed by atoms with E-state index in [1.807, 2.05) is 0 Å². The van der Waals surface area contributed by atoms with E-state index in [9.17, 15) is 13.2 Å². The molecule has 5 heavy (non-hydrogen) atoms. The first-order valence-corrected chi connectivity index (χ1v) is 0.655. The molecule has 0 spiro atoms. The summed E-state index contributed by atoms with van der Waals surface area (Å²) in [6.07, 6.45) is 0. The molecule has 2 radical (unpaired) electrons. The molecule has 0 fully saturated rings. The maximum absolute atomic E-state index is 9.67. The van der Waals surface area contributed by atoms with Gasteiger partial charge in [-0.3, -0.25) is 0 Å². The topological polar surface area (TPSA) is 0 Å². The minimum atomic E-state index is -3.67. The van der Waals surface area contributed by atoms with Crippen molar-refractivity contribution in [1.82, 2.24) is 0 Å². The van der Waals surface area contributed by atoms with Crippen molar-refractivity contribution in [1.29, 1.82) is 0 Å². The first-order valence-electron chi connectivity index (χ1n) is 0.655. The van der Waals surface area contributed by atoms with Gasteiger partial charge in [0.1, 0.15) is 0 Å². The Kier molecular flexibility index (Phi) is 9.50. The zero-order valence-electron chi connectivity index (χ0n) is 2.42. The van der Waals surface area contributed by atoms with Gasteiger partial charge in [-0.15, -0.1) is 0 Å². The molecule has 0 heterocycles. The van der Waals surface area contributed by atoms with Gasteiger partial charge in [0, 0.05) is 37.7 Å². The normalized spacial score (nSPS) is 7.20. The van der Waals surface area contributed by atoms with Crippen LogP contribution < -0.4 is 0 Å². The largest absolute Gasteiger partial charge is 0.379 e. The Morgan fingerprint density at radius 1 is 1.00 bits per heavy atom. The van der Waals surface area contributed by atoms with Gasteiger partial charge in [-0.1, -0.05) is 0 Å². The molecule has 0 atom stereocenters. The summed E-state index contributed by atoms with van der Waals surface area (Å²) in [6.45, 7) is -3.67. The van der Waals surface area contributed by atoms with Gasteiger partial charge in [-0.2, -0.15) is 13.2 Å². The standard InChI is InChI=1S/CHF3.Ca/c2-1(3)4;/h1H;. The molecule has 0 unspecified atom stereocenters. The predicted octanol–water partition coefficient (Wildman–Crippen LogP) is 0.798. The third-order valence-corrected chi connectivity index (χ3v) is 0. The number of hydrogen-bond donors (Lipinski definition) is 0. The van der Waals surface area contributed by atoms with Crippen LogP contribution in [0.4, 0.5) is 13.2 Å². The number of alkyl halides is 3. The molecule has 0 aliphatic rings. The van der Waals surface area contributed by atoms with Crippen LogP contribution in [0, 0.1) is 0 Å². The van der Waals surface area contributed by atoms with E-state index in [1.54, 1.807) is 0 Å². The van der Waals surface area contributed by atoms with Gasteiger partial charge in [-0.05, 0) is 0 Å². The first kappa shape index (κ1) is 9.41. The fourth-order valence-electron chi connectivity index (χ4n) is 0. The molecule has 28 valence electrons. The predicted molar refractivity (Wildman–Crippen MR) is 12.9 cm³/mol. The van der Waals surface area contributed by atoms with Gasteiger partial charge in [0.2, 0.25) is 0 Å².